The summed E-state index contributed by atoms with van der Waals surface area (Å²) in [5.74, 6) is -0.279. The number of carbonyl (C=O) groups excluding carboxylic acids is 1. The summed E-state index contributed by atoms with van der Waals surface area (Å²) in [5, 5.41) is 13.7. The van der Waals surface area contributed by atoms with Crippen LogP contribution in [0, 0.1) is 13.7 Å². The first-order valence-corrected chi connectivity index (χ1v) is 9.00. The third kappa shape index (κ3) is 6.09. The average molecular weight is 453 g/mol. The summed E-state index contributed by atoms with van der Waals surface area (Å²) in [5.41, 5.74) is 1.51. The van der Waals surface area contributed by atoms with E-state index in [0.29, 0.717) is 15.7 Å². The summed E-state index contributed by atoms with van der Waals surface area (Å²) in [4.78, 5) is 24.8. The standard InChI is InChI=1S/C18H20IN3O3/c1-21(13-14-6-3-2-4-7-14)11-5-10-20-18(23)16-12-15(22(24)25)8-9-17(16)19/h2-4,6-9,12H,5,10-11,13H2,1H3,(H,20,23). The van der Waals surface area contributed by atoms with E-state index < -0.39 is 4.92 Å². The second-order valence-corrected chi connectivity index (χ2v) is 6.92. The molecule has 1 amide bonds. The molecular weight excluding hydrogens is 433 g/mol. The largest absolute Gasteiger partial charge is 0.352 e. The summed E-state index contributed by atoms with van der Waals surface area (Å²) < 4.78 is 0.696. The number of nitro benzene ring substituents is 1. The van der Waals surface area contributed by atoms with E-state index in [1.807, 2.05) is 47.8 Å². The Hall–Kier alpha value is -2.00. The number of nitro groups is 1. The molecule has 132 valence electrons. The van der Waals surface area contributed by atoms with Crippen molar-refractivity contribution in [1.82, 2.24) is 10.2 Å². The van der Waals surface area contributed by atoms with E-state index in [1.54, 1.807) is 6.07 Å². The molecule has 25 heavy (non-hydrogen) atoms. The van der Waals surface area contributed by atoms with Crippen molar-refractivity contribution in [2.75, 3.05) is 20.1 Å². The van der Waals surface area contributed by atoms with E-state index in [-0.39, 0.29) is 11.6 Å². The van der Waals surface area contributed by atoms with Crippen LogP contribution in [0.5, 0.6) is 0 Å². The van der Waals surface area contributed by atoms with Gasteiger partial charge >= 0.3 is 0 Å². The second kappa shape index (κ2) is 9.47. The third-order valence-electron chi connectivity index (χ3n) is 3.70. The van der Waals surface area contributed by atoms with Crippen molar-refractivity contribution in [3.8, 4) is 0 Å². The van der Waals surface area contributed by atoms with Crippen LogP contribution in [0.3, 0.4) is 0 Å². The van der Waals surface area contributed by atoms with Crippen LogP contribution in [0.15, 0.2) is 48.5 Å². The minimum absolute atomic E-state index is 0.0758. The summed E-state index contributed by atoms with van der Waals surface area (Å²) in [7, 11) is 2.04. The number of halogens is 1. The quantitative estimate of drug-likeness (QED) is 0.288. The molecule has 0 aliphatic heterocycles. The Morgan fingerprint density at radius 1 is 1.24 bits per heavy atom. The lowest BCUT2D eigenvalue weighted by atomic mass is 10.2. The highest BCUT2D eigenvalue weighted by molar-refractivity contribution is 14.1. The van der Waals surface area contributed by atoms with Gasteiger partial charge in [-0.15, -0.1) is 0 Å². The smallest absolute Gasteiger partial charge is 0.270 e. The molecule has 0 aliphatic carbocycles. The van der Waals surface area contributed by atoms with Crippen LogP contribution >= 0.6 is 22.6 Å². The minimum Gasteiger partial charge on any atom is -0.352 e. The molecule has 2 rings (SSSR count). The van der Waals surface area contributed by atoms with Gasteiger partial charge in [-0.05, 0) is 54.2 Å². The molecule has 1 N–H and O–H groups in total. The molecule has 0 bridgehead atoms. The Labute approximate surface area is 160 Å². The molecule has 0 heterocycles. The normalized spacial score (nSPS) is 10.7. The van der Waals surface area contributed by atoms with Crippen molar-refractivity contribution in [3.63, 3.8) is 0 Å². The summed E-state index contributed by atoms with van der Waals surface area (Å²) in [6.07, 6.45) is 0.806. The Bertz CT molecular complexity index is 738. The van der Waals surface area contributed by atoms with Crippen LogP contribution in [0.1, 0.15) is 22.3 Å². The highest BCUT2D eigenvalue weighted by atomic mass is 127. The van der Waals surface area contributed by atoms with Crippen molar-refractivity contribution in [2.45, 2.75) is 13.0 Å². The van der Waals surface area contributed by atoms with E-state index in [2.05, 4.69) is 22.3 Å². The first-order valence-electron chi connectivity index (χ1n) is 7.92. The van der Waals surface area contributed by atoms with Crippen molar-refractivity contribution in [2.24, 2.45) is 0 Å². The SMILES string of the molecule is CN(CCCNC(=O)c1cc([N+](=O)[O-])ccc1I)Cc1ccccc1. The first-order chi connectivity index (χ1) is 12.0. The molecule has 0 aromatic heterocycles. The van der Waals surface area contributed by atoms with Crippen molar-refractivity contribution >= 4 is 34.2 Å². The lowest BCUT2D eigenvalue weighted by Gasteiger charge is -2.16. The average Bonchev–Trinajstić information content (AvgIpc) is 2.59. The molecule has 2 aromatic carbocycles. The predicted molar refractivity (Wildman–Crippen MR) is 106 cm³/mol. The van der Waals surface area contributed by atoms with E-state index in [0.717, 1.165) is 19.5 Å². The molecule has 0 unspecified atom stereocenters. The molecule has 0 aliphatic rings. The van der Waals surface area contributed by atoms with Gasteiger partial charge in [0.15, 0.2) is 0 Å². The van der Waals surface area contributed by atoms with E-state index in [1.165, 1.54) is 17.7 Å². The fourth-order valence-electron chi connectivity index (χ4n) is 2.42. The van der Waals surface area contributed by atoms with E-state index in [4.69, 9.17) is 0 Å². The molecule has 0 spiro atoms. The fourth-order valence-corrected chi connectivity index (χ4v) is 3.00. The third-order valence-corrected chi connectivity index (χ3v) is 4.64. The van der Waals surface area contributed by atoms with Gasteiger partial charge in [0.05, 0.1) is 10.5 Å². The van der Waals surface area contributed by atoms with Gasteiger partial charge in [-0.25, -0.2) is 0 Å². The molecule has 0 fully saturated rings. The van der Waals surface area contributed by atoms with Gasteiger partial charge in [0.1, 0.15) is 0 Å². The van der Waals surface area contributed by atoms with E-state index in [9.17, 15) is 14.9 Å². The number of amides is 1. The number of rotatable bonds is 8. The van der Waals surface area contributed by atoms with Gasteiger partial charge < -0.3 is 10.2 Å². The summed E-state index contributed by atoms with van der Waals surface area (Å²) >= 11 is 2.01. The monoisotopic (exact) mass is 453 g/mol. The number of nitrogens with zero attached hydrogens (tertiary/aromatic N) is 2. The second-order valence-electron chi connectivity index (χ2n) is 5.75. The number of nitrogens with one attached hydrogen (secondary N) is 1. The van der Waals surface area contributed by atoms with Crippen molar-refractivity contribution < 1.29 is 9.72 Å². The van der Waals surface area contributed by atoms with Gasteiger partial charge in [-0.1, -0.05) is 30.3 Å². The number of hydrogen-bond donors (Lipinski definition) is 1. The summed E-state index contributed by atoms with van der Waals surface area (Å²) in [6.45, 7) is 2.23. The zero-order chi connectivity index (χ0) is 18.2. The van der Waals surface area contributed by atoms with Crippen LogP contribution in [0.2, 0.25) is 0 Å². The molecule has 0 atom stereocenters. The molecular formula is C18H20IN3O3. The van der Waals surface area contributed by atoms with Gasteiger partial charge in [0.2, 0.25) is 0 Å². The maximum atomic E-state index is 12.2. The minimum atomic E-state index is -0.495. The Balaban J connectivity index is 1.79. The number of hydrogen-bond acceptors (Lipinski definition) is 4. The van der Waals surface area contributed by atoms with Crippen LogP contribution in [-0.4, -0.2) is 35.9 Å². The predicted octanol–water partition coefficient (Wildman–Crippen LogP) is 3.45. The number of carbonyl (C=O) groups is 1. The van der Waals surface area contributed by atoms with E-state index >= 15 is 0 Å². The fraction of sp³-hybridized carbons (Fsp3) is 0.278. The van der Waals surface area contributed by atoms with Crippen molar-refractivity contribution in [3.05, 3.63) is 73.3 Å². The Morgan fingerprint density at radius 2 is 1.96 bits per heavy atom. The molecule has 2 aromatic rings. The van der Waals surface area contributed by atoms with Gasteiger partial charge in [0, 0.05) is 28.8 Å². The zero-order valence-electron chi connectivity index (χ0n) is 13.9. The van der Waals surface area contributed by atoms with Gasteiger partial charge in [0.25, 0.3) is 11.6 Å². The molecule has 0 radical (unpaired) electrons. The number of benzene rings is 2. The molecule has 7 heteroatoms. The number of non-ortho nitro benzene ring substituents is 1. The van der Waals surface area contributed by atoms with Gasteiger partial charge in [-0.3, -0.25) is 14.9 Å². The highest BCUT2D eigenvalue weighted by Gasteiger charge is 2.15. The first kappa shape index (κ1) is 19.3. The molecule has 0 saturated carbocycles. The zero-order valence-corrected chi connectivity index (χ0v) is 16.1. The van der Waals surface area contributed by atoms with Crippen LogP contribution in [0.25, 0.3) is 0 Å². The Kier molecular flexibility index (Phi) is 7.32. The lowest BCUT2D eigenvalue weighted by molar-refractivity contribution is -0.384. The van der Waals surface area contributed by atoms with Crippen LogP contribution in [-0.2, 0) is 6.54 Å². The van der Waals surface area contributed by atoms with Crippen molar-refractivity contribution in [1.29, 1.82) is 0 Å². The maximum Gasteiger partial charge on any atom is 0.270 e. The highest BCUT2D eigenvalue weighted by Crippen LogP contribution is 2.19. The molecule has 6 nitrogen and oxygen atoms in total. The Morgan fingerprint density at radius 3 is 2.64 bits per heavy atom. The lowest BCUT2D eigenvalue weighted by Crippen LogP contribution is -2.28. The van der Waals surface area contributed by atoms with Crippen LogP contribution in [0.4, 0.5) is 5.69 Å². The van der Waals surface area contributed by atoms with Gasteiger partial charge in [-0.2, -0.15) is 0 Å². The van der Waals surface area contributed by atoms with Crippen LogP contribution < -0.4 is 5.32 Å². The molecule has 0 saturated heterocycles. The maximum absolute atomic E-state index is 12.2. The summed E-state index contributed by atoms with van der Waals surface area (Å²) in [6, 6.07) is 14.5. The topological polar surface area (TPSA) is 75.5 Å².